The van der Waals surface area contributed by atoms with Crippen LogP contribution in [0.5, 0.6) is 0 Å². The van der Waals surface area contributed by atoms with Crippen molar-refractivity contribution < 1.29 is 18.8 Å². The molecular formula is C23H15Cl2NO4S. The molecule has 2 aromatic carbocycles. The number of rotatable bonds is 5. The number of amides is 2. The zero-order valence-corrected chi connectivity index (χ0v) is 18.6. The van der Waals surface area contributed by atoms with E-state index in [9.17, 15) is 14.4 Å². The predicted molar refractivity (Wildman–Crippen MR) is 122 cm³/mol. The first-order valence-electron chi connectivity index (χ1n) is 9.22. The lowest BCUT2D eigenvalue weighted by atomic mass is 10.1. The average molecular weight is 472 g/mol. The molecular weight excluding hydrogens is 457 g/mol. The van der Waals surface area contributed by atoms with Crippen LogP contribution in [-0.2, 0) is 11.3 Å². The lowest BCUT2D eigenvalue weighted by molar-refractivity contribution is -0.123. The smallest absolute Gasteiger partial charge is 0.293 e. The Kier molecular flexibility index (Phi) is 6.05. The molecule has 1 aliphatic rings. The normalized spacial score (nSPS) is 15.2. The van der Waals surface area contributed by atoms with Gasteiger partial charge < -0.3 is 4.42 Å². The maximum absolute atomic E-state index is 12.7. The zero-order chi connectivity index (χ0) is 22.1. The van der Waals surface area contributed by atoms with Gasteiger partial charge in [0.05, 0.1) is 21.5 Å². The minimum absolute atomic E-state index is 0.0109. The Hall–Kier alpha value is -2.80. The monoisotopic (exact) mass is 471 g/mol. The maximum atomic E-state index is 12.7. The highest BCUT2D eigenvalue weighted by Crippen LogP contribution is 2.35. The average Bonchev–Trinajstić information content (AvgIpc) is 3.31. The Morgan fingerprint density at radius 2 is 1.77 bits per heavy atom. The molecule has 0 spiro atoms. The molecule has 4 rings (SSSR count). The van der Waals surface area contributed by atoms with Crippen LogP contribution in [0.15, 0.2) is 63.9 Å². The summed E-state index contributed by atoms with van der Waals surface area (Å²) in [4.78, 5) is 37.9. The highest BCUT2D eigenvalue weighted by molar-refractivity contribution is 8.18. The number of ketones is 1. The van der Waals surface area contributed by atoms with Gasteiger partial charge in [-0.05, 0) is 48.5 Å². The van der Waals surface area contributed by atoms with Crippen molar-refractivity contribution in [1.29, 1.82) is 0 Å². The number of hydrogen-bond acceptors (Lipinski definition) is 5. The summed E-state index contributed by atoms with van der Waals surface area (Å²) in [5, 5.41) is 0.402. The van der Waals surface area contributed by atoms with Crippen LogP contribution >= 0.6 is 35.0 Å². The Morgan fingerprint density at radius 1 is 1.03 bits per heavy atom. The number of Topliss-reactive ketones (excluding diaryl/α,β-unsaturated/α-hetero) is 1. The van der Waals surface area contributed by atoms with Crippen LogP contribution in [0.1, 0.15) is 28.6 Å². The second kappa shape index (κ2) is 8.75. The van der Waals surface area contributed by atoms with Gasteiger partial charge in [0.2, 0.25) is 0 Å². The molecule has 31 heavy (non-hydrogen) atoms. The van der Waals surface area contributed by atoms with Gasteiger partial charge in [-0.25, -0.2) is 0 Å². The first-order valence-corrected chi connectivity index (χ1v) is 10.8. The fourth-order valence-corrected chi connectivity index (χ4v) is 4.18. The molecule has 0 saturated carbocycles. The molecule has 0 aliphatic carbocycles. The molecule has 2 heterocycles. The van der Waals surface area contributed by atoms with E-state index in [1.165, 1.54) is 6.92 Å². The second-order valence-corrected chi connectivity index (χ2v) is 8.66. The van der Waals surface area contributed by atoms with Crippen molar-refractivity contribution in [2.24, 2.45) is 0 Å². The summed E-state index contributed by atoms with van der Waals surface area (Å²) in [6.07, 6.45) is 1.55. The van der Waals surface area contributed by atoms with Crippen LogP contribution in [0.3, 0.4) is 0 Å². The Bertz CT molecular complexity index is 1230. The fourth-order valence-electron chi connectivity index (χ4n) is 3.04. The molecule has 1 fully saturated rings. The fraction of sp³-hybridized carbons (Fsp3) is 0.0870. The zero-order valence-electron chi connectivity index (χ0n) is 16.2. The summed E-state index contributed by atoms with van der Waals surface area (Å²) in [5.74, 6) is 0.634. The van der Waals surface area contributed by atoms with Crippen molar-refractivity contribution in [1.82, 2.24) is 4.90 Å². The third kappa shape index (κ3) is 4.61. The van der Waals surface area contributed by atoms with Crippen molar-refractivity contribution >= 4 is 58.0 Å². The van der Waals surface area contributed by atoms with Crippen molar-refractivity contribution in [3.63, 3.8) is 0 Å². The van der Waals surface area contributed by atoms with Crippen LogP contribution in [0.4, 0.5) is 4.79 Å². The number of carbonyl (C=O) groups excluding carboxylic acids is 3. The first kappa shape index (κ1) is 21.4. The number of hydrogen-bond donors (Lipinski definition) is 0. The van der Waals surface area contributed by atoms with Crippen molar-refractivity contribution in [3.05, 3.63) is 86.4 Å². The summed E-state index contributed by atoms with van der Waals surface area (Å²) >= 11 is 12.8. The van der Waals surface area contributed by atoms with E-state index in [1.54, 1.807) is 60.7 Å². The number of halogens is 2. The lowest BCUT2D eigenvalue weighted by Crippen LogP contribution is -2.27. The molecule has 1 aromatic heterocycles. The minimum Gasteiger partial charge on any atom is -0.457 e. The van der Waals surface area contributed by atoms with Crippen LogP contribution < -0.4 is 0 Å². The number of furan rings is 1. The van der Waals surface area contributed by atoms with Crippen LogP contribution in [0.2, 0.25) is 10.0 Å². The highest BCUT2D eigenvalue weighted by atomic mass is 35.5. The van der Waals surface area contributed by atoms with Gasteiger partial charge >= 0.3 is 0 Å². The van der Waals surface area contributed by atoms with E-state index >= 15 is 0 Å². The highest BCUT2D eigenvalue weighted by Gasteiger charge is 2.35. The Morgan fingerprint density at radius 3 is 2.45 bits per heavy atom. The molecule has 0 N–H and O–H groups in total. The van der Waals surface area contributed by atoms with Crippen molar-refractivity contribution in [2.75, 3.05) is 0 Å². The Labute approximate surface area is 192 Å². The SMILES string of the molecule is CC(=O)c1ccc(-c2ccc(/C=C3/SC(=O)N(Cc4ccc(Cl)c(Cl)c4)C3=O)o2)cc1. The second-order valence-electron chi connectivity index (χ2n) is 6.85. The van der Waals surface area contributed by atoms with E-state index in [2.05, 4.69) is 0 Å². The Balaban J connectivity index is 1.51. The lowest BCUT2D eigenvalue weighted by Gasteiger charge is -2.12. The summed E-state index contributed by atoms with van der Waals surface area (Å²) in [7, 11) is 0. The van der Waals surface area contributed by atoms with Crippen molar-refractivity contribution in [3.8, 4) is 11.3 Å². The number of thioether (sulfide) groups is 1. The van der Waals surface area contributed by atoms with E-state index in [0.29, 0.717) is 32.7 Å². The maximum Gasteiger partial charge on any atom is 0.293 e. The molecule has 3 aromatic rings. The summed E-state index contributed by atoms with van der Waals surface area (Å²) in [6.45, 7) is 1.61. The number of carbonyl (C=O) groups is 3. The largest absolute Gasteiger partial charge is 0.457 e. The molecule has 156 valence electrons. The summed E-state index contributed by atoms with van der Waals surface area (Å²) in [6, 6.07) is 15.5. The van der Waals surface area contributed by atoms with Gasteiger partial charge in [-0.2, -0.15) is 0 Å². The number of imide groups is 1. The minimum atomic E-state index is -0.398. The van der Waals surface area contributed by atoms with E-state index in [-0.39, 0.29) is 22.5 Å². The van der Waals surface area contributed by atoms with Crippen LogP contribution in [0, 0.1) is 0 Å². The summed E-state index contributed by atoms with van der Waals surface area (Å²) < 4.78 is 5.81. The third-order valence-electron chi connectivity index (χ3n) is 4.67. The molecule has 8 heteroatoms. The molecule has 0 unspecified atom stereocenters. The standard InChI is InChI=1S/C23H15Cl2NO4S/c1-13(27)15-3-5-16(6-4-15)20-9-7-17(30-20)11-21-22(28)26(23(29)31-21)12-14-2-8-18(24)19(25)10-14/h2-11H,12H2,1H3/b21-11+. The topological polar surface area (TPSA) is 67.6 Å². The van der Waals surface area contributed by atoms with E-state index in [1.807, 2.05) is 0 Å². The third-order valence-corrected chi connectivity index (χ3v) is 6.32. The molecule has 2 amide bonds. The van der Waals surface area contributed by atoms with Gasteiger partial charge in [-0.1, -0.05) is 53.5 Å². The van der Waals surface area contributed by atoms with Gasteiger partial charge in [0.1, 0.15) is 11.5 Å². The molecule has 1 aliphatic heterocycles. The van der Waals surface area contributed by atoms with Gasteiger partial charge in [-0.3, -0.25) is 19.3 Å². The van der Waals surface area contributed by atoms with E-state index in [0.717, 1.165) is 22.2 Å². The predicted octanol–water partition coefficient (Wildman–Crippen LogP) is 6.69. The quantitative estimate of drug-likeness (QED) is 0.306. The van der Waals surface area contributed by atoms with Crippen LogP contribution in [0.25, 0.3) is 17.4 Å². The van der Waals surface area contributed by atoms with E-state index in [4.69, 9.17) is 27.6 Å². The van der Waals surface area contributed by atoms with Gasteiger partial charge in [0.15, 0.2) is 5.78 Å². The molecule has 0 bridgehead atoms. The van der Waals surface area contributed by atoms with Gasteiger partial charge in [0.25, 0.3) is 11.1 Å². The summed E-state index contributed by atoms with van der Waals surface area (Å²) in [5.41, 5.74) is 2.12. The van der Waals surface area contributed by atoms with Gasteiger partial charge in [-0.15, -0.1) is 0 Å². The molecule has 0 atom stereocenters. The number of benzene rings is 2. The van der Waals surface area contributed by atoms with Gasteiger partial charge in [0, 0.05) is 17.2 Å². The van der Waals surface area contributed by atoms with E-state index < -0.39 is 5.91 Å². The number of nitrogens with zero attached hydrogens (tertiary/aromatic N) is 1. The molecule has 5 nitrogen and oxygen atoms in total. The molecule has 1 saturated heterocycles. The van der Waals surface area contributed by atoms with Crippen LogP contribution in [-0.4, -0.2) is 21.8 Å². The van der Waals surface area contributed by atoms with Crippen molar-refractivity contribution in [2.45, 2.75) is 13.5 Å². The molecule has 0 radical (unpaired) electrons. The first-order chi connectivity index (χ1) is 14.8.